The van der Waals surface area contributed by atoms with Crippen molar-refractivity contribution in [3.8, 4) is 11.3 Å². The fourth-order valence-electron chi connectivity index (χ4n) is 3.34. The van der Waals surface area contributed by atoms with Gasteiger partial charge in [0, 0.05) is 29.6 Å². The normalized spacial score (nSPS) is 15.0. The van der Waals surface area contributed by atoms with Gasteiger partial charge < -0.3 is 19.1 Å². The number of benzene rings is 1. The molecule has 4 aromatic rings. The third-order valence-corrected chi connectivity index (χ3v) is 4.71. The molecule has 0 unspecified atom stereocenters. The van der Waals surface area contributed by atoms with E-state index in [0.29, 0.717) is 31.9 Å². The molecule has 26 heavy (non-hydrogen) atoms. The van der Waals surface area contributed by atoms with Gasteiger partial charge in [0.15, 0.2) is 0 Å². The molecule has 1 fully saturated rings. The van der Waals surface area contributed by atoms with E-state index in [1.54, 1.807) is 12.5 Å². The zero-order valence-corrected chi connectivity index (χ0v) is 13.9. The minimum atomic E-state index is 0.0342. The van der Waals surface area contributed by atoms with Crippen LogP contribution in [0.1, 0.15) is 10.4 Å². The molecule has 0 bridgehead atoms. The summed E-state index contributed by atoms with van der Waals surface area (Å²) in [6.07, 6.45) is 3.21. The first-order valence-corrected chi connectivity index (χ1v) is 8.49. The number of ether oxygens (including phenoxy) is 1. The number of nitrogens with zero attached hydrogens (tertiary/aromatic N) is 3. The minimum Gasteiger partial charge on any atom is -0.378 e. The highest BCUT2D eigenvalue weighted by molar-refractivity contribution is 6.08. The Balaban J connectivity index is 1.56. The number of aromatic amines is 1. The molecule has 1 aliphatic heterocycles. The molecule has 0 saturated carbocycles. The third-order valence-electron chi connectivity index (χ3n) is 4.71. The van der Waals surface area contributed by atoms with Gasteiger partial charge in [-0.1, -0.05) is 5.16 Å². The van der Waals surface area contributed by atoms with Gasteiger partial charge in [-0.05, 0) is 30.3 Å². The second-order valence-corrected chi connectivity index (χ2v) is 6.30. The highest BCUT2D eigenvalue weighted by atomic mass is 16.5. The van der Waals surface area contributed by atoms with Crippen molar-refractivity contribution in [2.75, 3.05) is 26.3 Å². The van der Waals surface area contributed by atoms with Crippen LogP contribution in [0.2, 0.25) is 0 Å². The maximum atomic E-state index is 12.7. The maximum absolute atomic E-state index is 12.7. The lowest BCUT2D eigenvalue weighted by Crippen LogP contribution is -2.40. The summed E-state index contributed by atoms with van der Waals surface area (Å²) in [7, 11) is 0. The highest BCUT2D eigenvalue weighted by Gasteiger charge is 2.19. The molecule has 1 aliphatic rings. The SMILES string of the molecule is O=C(c1ccc2c(c1)[nH]c1ccc(-c3cnoc3)nc12)N1CCOCC1. The fraction of sp³-hybridized carbons (Fsp3) is 0.211. The van der Waals surface area contributed by atoms with Crippen LogP contribution in [0.25, 0.3) is 33.2 Å². The van der Waals surface area contributed by atoms with Crippen molar-refractivity contribution in [3.63, 3.8) is 0 Å². The zero-order valence-electron chi connectivity index (χ0n) is 13.9. The molecule has 7 heteroatoms. The van der Waals surface area contributed by atoms with Gasteiger partial charge in [0.2, 0.25) is 0 Å². The van der Waals surface area contributed by atoms with E-state index in [4.69, 9.17) is 14.2 Å². The Labute approximate surface area is 148 Å². The van der Waals surface area contributed by atoms with Crippen LogP contribution in [0.5, 0.6) is 0 Å². The molecule has 0 atom stereocenters. The van der Waals surface area contributed by atoms with Gasteiger partial charge in [0.25, 0.3) is 5.91 Å². The van der Waals surface area contributed by atoms with Gasteiger partial charge in [-0.3, -0.25) is 4.79 Å². The Bertz CT molecular complexity index is 1090. The Hall–Kier alpha value is -3.19. The number of carbonyl (C=O) groups is 1. The predicted octanol–water partition coefficient (Wildman–Crippen LogP) is 2.84. The molecule has 130 valence electrons. The standard InChI is InChI=1S/C19H16N4O3/c24-19(23-5-7-25-8-6-23)12-1-2-14-17(9-12)21-16-4-3-15(22-18(14)16)13-10-20-26-11-13/h1-4,9-11,21H,5-8H2. The van der Waals surface area contributed by atoms with E-state index in [9.17, 15) is 4.79 Å². The molecule has 7 nitrogen and oxygen atoms in total. The molecular weight excluding hydrogens is 332 g/mol. The number of H-pyrrole nitrogens is 1. The van der Waals surface area contributed by atoms with Crippen molar-refractivity contribution in [1.82, 2.24) is 20.0 Å². The van der Waals surface area contributed by atoms with Gasteiger partial charge in [0.05, 0.1) is 41.7 Å². The average molecular weight is 348 g/mol. The van der Waals surface area contributed by atoms with E-state index < -0.39 is 0 Å². The first-order valence-electron chi connectivity index (χ1n) is 8.49. The molecule has 0 radical (unpaired) electrons. The van der Waals surface area contributed by atoms with Gasteiger partial charge in [0.1, 0.15) is 6.26 Å². The number of pyridine rings is 1. The van der Waals surface area contributed by atoms with Crippen molar-refractivity contribution >= 4 is 27.8 Å². The largest absolute Gasteiger partial charge is 0.378 e. The van der Waals surface area contributed by atoms with Crippen LogP contribution in [0.15, 0.2) is 47.3 Å². The molecule has 0 spiro atoms. The van der Waals surface area contributed by atoms with E-state index in [-0.39, 0.29) is 5.91 Å². The lowest BCUT2D eigenvalue weighted by Gasteiger charge is -2.26. The molecule has 4 heterocycles. The van der Waals surface area contributed by atoms with Crippen molar-refractivity contribution in [3.05, 3.63) is 48.4 Å². The summed E-state index contributed by atoms with van der Waals surface area (Å²) in [4.78, 5) is 22.6. The van der Waals surface area contributed by atoms with Crippen LogP contribution >= 0.6 is 0 Å². The van der Waals surface area contributed by atoms with E-state index in [1.807, 2.05) is 35.2 Å². The molecule has 1 aromatic carbocycles. The second kappa shape index (κ2) is 5.96. The summed E-state index contributed by atoms with van der Waals surface area (Å²) in [5, 5.41) is 4.71. The Morgan fingerprint density at radius 1 is 1.12 bits per heavy atom. The van der Waals surface area contributed by atoms with Crippen LogP contribution in [-0.2, 0) is 4.74 Å². The van der Waals surface area contributed by atoms with Crippen molar-refractivity contribution < 1.29 is 14.1 Å². The number of fused-ring (bicyclic) bond motifs is 3. The lowest BCUT2D eigenvalue weighted by atomic mass is 10.1. The molecular formula is C19H16N4O3. The minimum absolute atomic E-state index is 0.0342. The Morgan fingerprint density at radius 3 is 2.81 bits per heavy atom. The quantitative estimate of drug-likeness (QED) is 0.602. The average Bonchev–Trinajstić information content (AvgIpc) is 3.35. The first-order chi connectivity index (χ1) is 12.8. The summed E-state index contributed by atoms with van der Waals surface area (Å²) in [6, 6.07) is 9.61. The van der Waals surface area contributed by atoms with Gasteiger partial charge >= 0.3 is 0 Å². The van der Waals surface area contributed by atoms with Crippen LogP contribution in [0.4, 0.5) is 0 Å². The number of carbonyl (C=O) groups excluding carboxylic acids is 1. The van der Waals surface area contributed by atoms with E-state index >= 15 is 0 Å². The number of amides is 1. The van der Waals surface area contributed by atoms with Crippen LogP contribution in [0.3, 0.4) is 0 Å². The molecule has 1 amide bonds. The van der Waals surface area contributed by atoms with Crippen LogP contribution in [0, 0.1) is 0 Å². The van der Waals surface area contributed by atoms with E-state index in [2.05, 4.69) is 10.1 Å². The fourth-order valence-corrected chi connectivity index (χ4v) is 3.34. The Morgan fingerprint density at radius 2 is 2.00 bits per heavy atom. The Kier molecular flexibility index (Phi) is 3.46. The second-order valence-electron chi connectivity index (χ2n) is 6.30. The summed E-state index contributed by atoms with van der Waals surface area (Å²) >= 11 is 0. The smallest absolute Gasteiger partial charge is 0.254 e. The topological polar surface area (TPSA) is 84.2 Å². The number of rotatable bonds is 2. The van der Waals surface area contributed by atoms with Gasteiger partial charge in [-0.25, -0.2) is 4.98 Å². The van der Waals surface area contributed by atoms with Crippen molar-refractivity contribution in [1.29, 1.82) is 0 Å². The number of morpholine rings is 1. The van der Waals surface area contributed by atoms with Crippen molar-refractivity contribution in [2.45, 2.75) is 0 Å². The van der Waals surface area contributed by atoms with Gasteiger partial charge in [-0.2, -0.15) is 0 Å². The molecule has 1 saturated heterocycles. The third kappa shape index (κ3) is 2.44. The number of hydrogen-bond donors (Lipinski definition) is 1. The van der Waals surface area contributed by atoms with Crippen LogP contribution in [-0.4, -0.2) is 52.2 Å². The van der Waals surface area contributed by atoms with E-state index in [1.165, 1.54) is 0 Å². The molecule has 0 aliphatic carbocycles. The summed E-state index contributed by atoms with van der Waals surface area (Å²) < 4.78 is 10.2. The van der Waals surface area contributed by atoms with Gasteiger partial charge in [-0.15, -0.1) is 0 Å². The summed E-state index contributed by atoms with van der Waals surface area (Å²) in [5.74, 6) is 0.0342. The molecule has 1 N–H and O–H groups in total. The highest BCUT2D eigenvalue weighted by Crippen LogP contribution is 2.28. The van der Waals surface area contributed by atoms with E-state index in [0.717, 1.165) is 33.2 Å². The lowest BCUT2D eigenvalue weighted by molar-refractivity contribution is 0.0303. The number of hydrogen-bond acceptors (Lipinski definition) is 5. The first kappa shape index (κ1) is 15.1. The monoisotopic (exact) mass is 348 g/mol. The molecule has 3 aromatic heterocycles. The summed E-state index contributed by atoms with van der Waals surface area (Å²) in [5.41, 5.74) is 4.99. The summed E-state index contributed by atoms with van der Waals surface area (Å²) in [6.45, 7) is 2.45. The zero-order chi connectivity index (χ0) is 17.5. The number of aromatic nitrogens is 3. The number of nitrogens with one attached hydrogen (secondary N) is 1. The molecule has 5 rings (SSSR count). The van der Waals surface area contributed by atoms with Crippen LogP contribution < -0.4 is 0 Å². The van der Waals surface area contributed by atoms with Crippen molar-refractivity contribution in [2.24, 2.45) is 0 Å². The maximum Gasteiger partial charge on any atom is 0.254 e. The predicted molar refractivity (Wildman–Crippen MR) is 95.8 cm³/mol.